The van der Waals surface area contributed by atoms with Gasteiger partial charge in [-0.25, -0.2) is 4.98 Å². The van der Waals surface area contributed by atoms with Crippen LogP contribution in [0.3, 0.4) is 0 Å². The third-order valence-corrected chi connectivity index (χ3v) is 7.30. The Morgan fingerprint density at radius 1 is 0.972 bits per heavy atom. The number of benzene rings is 3. The zero-order valence-electron chi connectivity index (χ0n) is 19.9. The number of fused-ring (bicyclic) bond motifs is 1. The first-order valence-electron chi connectivity index (χ1n) is 12.1. The molecule has 8 heteroatoms. The van der Waals surface area contributed by atoms with Gasteiger partial charge >= 0.3 is 0 Å². The van der Waals surface area contributed by atoms with Gasteiger partial charge in [0.2, 0.25) is 5.91 Å². The van der Waals surface area contributed by atoms with Crippen molar-refractivity contribution in [2.45, 2.75) is 26.0 Å². The molecule has 1 aromatic heterocycles. The first-order valence-corrected chi connectivity index (χ1v) is 12.9. The summed E-state index contributed by atoms with van der Waals surface area (Å²) in [5.41, 5.74) is 2.77. The summed E-state index contributed by atoms with van der Waals surface area (Å²) in [5.74, 6) is 2.23. The molecule has 4 aromatic rings. The van der Waals surface area contributed by atoms with Gasteiger partial charge in [-0.3, -0.25) is 9.69 Å². The fourth-order valence-electron chi connectivity index (χ4n) is 4.67. The largest absolute Gasteiger partial charge is 0.486 e. The van der Waals surface area contributed by atoms with E-state index < -0.39 is 0 Å². The zero-order chi connectivity index (χ0) is 24.9. The Hall–Kier alpha value is -3.06. The maximum absolute atomic E-state index is 12.5. The molecule has 1 fully saturated rings. The van der Waals surface area contributed by atoms with Crippen molar-refractivity contribution in [3.8, 4) is 5.75 Å². The van der Waals surface area contributed by atoms with E-state index in [1.807, 2.05) is 42.5 Å². The molecule has 0 spiro atoms. The number of hydrogen-bond acceptors (Lipinski definition) is 4. The fourth-order valence-corrected chi connectivity index (χ4v) is 4.96. The van der Waals surface area contributed by atoms with Crippen LogP contribution in [0.2, 0.25) is 10.0 Å². The minimum atomic E-state index is -0.0483. The molecule has 186 valence electrons. The number of nitrogens with zero attached hydrogens (tertiary/aromatic N) is 3. The van der Waals surface area contributed by atoms with Crippen LogP contribution in [-0.2, 0) is 17.9 Å². The molecule has 3 aromatic carbocycles. The molecule has 1 N–H and O–H groups in total. The lowest BCUT2D eigenvalue weighted by Gasteiger charge is -2.32. The van der Waals surface area contributed by atoms with Gasteiger partial charge in [0.15, 0.2) is 0 Å². The normalized spacial score (nSPS) is 14.7. The second kappa shape index (κ2) is 11.3. The minimum Gasteiger partial charge on any atom is -0.486 e. The molecule has 0 unspecified atom stereocenters. The van der Waals surface area contributed by atoms with Crippen LogP contribution in [-0.4, -0.2) is 40.0 Å². The smallest absolute Gasteiger partial charge is 0.238 e. The highest BCUT2D eigenvalue weighted by molar-refractivity contribution is 6.42. The lowest BCUT2D eigenvalue weighted by molar-refractivity contribution is -0.117. The van der Waals surface area contributed by atoms with Crippen molar-refractivity contribution < 1.29 is 9.53 Å². The van der Waals surface area contributed by atoms with Crippen LogP contribution in [0.15, 0.2) is 72.8 Å². The Labute approximate surface area is 220 Å². The summed E-state index contributed by atoms with van der Waals surface area (Å²) < 4.78 is 8.32. The zero-order valence-corrected chi connectivity index (χ0v) is 21.4. The Bertz CT molecular complexity index is 1330. The van der Waals surface area contributed by atoms with Crippen molar-refractivity contribution in [3.05, 3.63) is 88.7 Å². The van der Waals surface area contributed by atoms with E-state index in [0.717, 1.165) is 55.1 Å². The molecular weight excluding hydrogens is 495 g/mol. The second-order valence-electron chi connectivity index (χ2n) is 9.13. The number of piperidine rings is 1. The number of likely N-dealkylation sites (tertiary alicyclic amines) is 1. The van der Waals surface area contributed by atoms with Crippen molar-refractivity contribution in [1.82, 2.24) is 14.5 Å². The molecule has 0 saturated carbocycles. The number of hydrogen-bond donors (Lipinski definition) is 1. The molecule has 1 aliphatic heterocycles. The van der Waals surface area contributed by atoms with Crippen LogP contribution in [0.25, 0.3) is 11.0 Å². The van der Waals surface area contributed by atoms with Crippen molar-refractivity contribution in [2.24, 2.45) is 5.92 Å². The fraction of sp³-hybridized carbons (Fsp3) is 0.286. The molecule has 0 bridgehead atoms. The van der Waals surface area contributed by atoms with Crippen molar-refractivity contribution in [3.63, 3.8) is 0 Å². The van der Waals surface area contributed by atoms with Crippen molar-refractivity contribution >= 4 is 45.8 Å². The Morgan fingerprint density at radius 3 is 2.50 bits per heavy atom. The maximum atomic E-state index is 12.5. The molecule has 1 saturated heterocycles. The molecule has 1 amide bonds. The molecule has 0 aliphatic carbocycles. The summed E-state index contributed by atoms with van der Waals surface area (Å²) in [6.07, 6.45) is 2.04. The first-order chi connectivity index (χ1) is 17.5. The highest BCUT2D eigenvalue weighted by Gasteiger charge is 2.23. The monoisotopic (exact) mass is 522 g/mol. The second-order valence-corrected chi connectivity index (χ2v) is 9.94. The van der Waals surface area contributed by atoms with Gasteiger partial charge in [0.05, 0.1) is 27.6 Å². The molecule has 5 rings (SSSR count). The number of carbonyl (C=O) groups is 1. The van der Waals surface area contributed by atoms with E-state index in [1.54, 1.807) is 18.2 Å². The lowest BCUT2D eigenvalue weighted by Crippen LogP contribution is -2.40. The van der Waals surface area contributed by atoms with Crippen LogP contribution in [0, 0.1) is 5.92 Å². The van der Waals surface area contributed by atoms with E-state index in [9.17, 15) is 4.79 Å². The predicted molar refractivity (Wildman–Crippen MR) is 145 cm³/mol. The molecule has 2 heterocycles. The van der Waals surface area contributed by atoms with E-state index >= 15 is 0 Å². The van der Waals surface area contributed by atoms with Crippen molar-refractivity contribution in [1.29, 1.82) is 0 Å². The summed E-state index contributed by atoms with van der Waals surface area (Å²) >= 11 is 12.0. The van der Waals surface area contributed by atoms with Gasteiger partial charge in [0.1, 0.15) is 18.2 Å². The number of nitrogens with one attached hydrogen (secondary N) is 1. The van der Waals surface area contributed by atoms with Crippen molar-refractivity contribution in [2.75, 3.05) is 25.0 Å². The average Bonchev–Trinajstić information content (AvgIpc) is 3.24. The SMILES string of the molecule is O=C(CN1CCC(Cn2c(COc3ccccc3)nc3ccccc32)CC1)Nc1ccc(Cl)c(Cl)c1. The van der Waals surface area contributed by atoms with E-state index in [2.05, 4.69) is 26.9 Å². The van der Waals surface area contributed by atoms with E-state index in [-0.39, 0.29) is 5.91 Å². The quantitative estimate of drug-likeness (QED) is 0.296. The van der Waals surface area contributed by atoms with Gasteiger partial charge < -0.3 is 14.6 Å². The van der Waals surface area contributed by atoms with Crippen LogP contribution < -0.4 is 10.1 Å². The number of amides is 1. The maximum Gasteiger partial charge on any atom is 0.238 e. The third-order valence-electron chi connectivity index (χ3n) is 6.56. The molecule has 36 heavy (non-hydrogen) atoms. The highest BCUT2D eigenvalue weighted by Crippen LogP contribution is 2.26. The van der Waals surface area contributed by atoms with E-state index in [4.69, 9.17) is 32.9 Å². The predicted octanol–water partition coefficient (Wildman–Crippen LogP) is 6.27. The number of ether oxygens (including phenoxy) is 1. The number of halogens is 2. The van der Waals surface area contributed by atoms with Gasteiger partial charge in [-0.2, -0.15) is 0 Å². The van der Waals surface area contributed by atoms with Crippen LogP contribution >= 0.6 is 23.2 Å². The standard InChI is InChI=1S/C28H28Cl2N4O2/c29-23-11-10-21(16-24(23)30)31-28(35)18-33-14-12-20(13-15-33)17-34-26-9-5-4-8-25(26)32-27(34)19-36-22-6-2-1-3-7-22/h1-11,16,20H,12-15,17-19H2,(H,31,35). The number of para-hydroxylation sites is 3. The number of rotatable bonds is 8. The highest BCUT2D eigenvalue weighted by atomic mass is 35.5. The summed E-state index contributed by atoms with van der Waals surface area (Å²) in [7, 11) is 0. The molecule has 0 atom stereocenters. The number of imidazole rings is 1. The lowest BCUT2D eigenvalue weighted by atomic mass is 9.96. The average molecular weight is 523 g/mol. The van der Waals surface area contributed by atoms with Crippen LogP contribution in [0.1, 0.15) is 18.7 Å². The summed E-state index contributed by atoms with van der Waals surface area (Å²) in [6.45, 7) is 3.42. The summed E-state index contributed by atoms with van der Waals surface area (Å²) in [6, 6.07) is 23.2. The molecule has 0 radical (unpaired) electrons. The first kappa shape index (κ1) is 24.6. The summed E-state index contributed by atoms with van der Waals surface area (Å²) in [5, 5.41) is 3.81. The van der Waals surface area contributed by atoms with Gasteiger partial charge in [0.25, 0.3) is 0 Å². The Kier molecular flexibility index (Phi) is 7.75. The van der Waals surface area contributed by atoms with E-state index in [0.29, 0.717) is 34.8 Å². The van der Waals surface area contributed by atoms with E-state index in [1.165, 1.54) is 0 Å². The minimum absolute atomic E-state index is 0.0483. The van der Waals surface area contributed by atoms with Crippen LogP contribution in [0.4, 0.5) is 5.69 Å². The topological polar surface area (TPSA) is 59.4 Å². The van der Waals surface area contributed by atoms with Crippen LogP contribution in [0.5, 0.6) is 5.75 Å². The third kappa shape index (κ3) is 6.01. The Balaban J connectivity index is 1.18. The van der Waals surface area contributed by atoms with Gasteiger partial charge in [-0.1, -0.05) is 53.5 Å². The van der Waals surface area contributed by atoms with Gasteiger partial charge in [0, 0.05) is 12.2 Å². The van der Waals surface area contributed by atoms with Gasteiger partial charge in [-0.05, 0) is 74.3 Å². The molecule has 1 aliphatic rings. The number of aromatic nitrogens is 2. The van der Waals surface area contributed by atoms with Gasteiger partial charge in [-0.15, -0.1) is 0 Å². The Morgan fingerprint density at radius 2 is 1.72 bits per heavy atom. The molecule has 6 nitrogen and oxygen atoms in total. The number of carbonyl (C=O) groups excluding carboxylic acids is 1. The molecular formula is C28H28Cl2N4O2. The summed E-state index contributed by atoms with van der Waals surface area (Å²) in [4.78, 5) is 19.6. The number of anilines is 1.